The lowest BCUT2D eigenvalue weighted by Crippen LogP contribution is -2.27. The molecular weight excluding hydrogens is 544 g/mol. The van der Waals surface area contributed by atoms with Crippen LogP contribution in [0.4, 0.5) is 11.4 Å². The third kappa shape index (κ3) is 5.60. The van der Waals surface area contributed by atoms with Gasteiger partial charge in [0.2, 0.25) is 6.34 Å². The zero-order valence-corrected chi connectivity index (χ0v) is 25.9. The van der Waals surface area contributed by atoms with Crippen LogP contribution in [0.5, 0.6) is 0 Å². The maximum absolute atomic E-state index is 2.53. The maximum Gasteiger partial charge on any atom is 0.245 e. The van der Waals surface area contributed by atoms with Crippen molar-refractivity contribution < 1.29 is 4.58 Å². The molecular formula is C43H39N2+. The molecule has 6 aromatic rings. The molecule has 0 fully saturated rings. The fourth-order valence-electron chi connectivity index (χ4n) is 7.01. The van der Waals surface area contributed by atoms with Crippen molar-refractivity contribution in [1.82, 2.24) is 0 Å². The molecule has 0 saturated heterocycles. The normalized spacial score (nSPS) is 17.5. The molecule has 0 radical (unpaired) electrons. The van der Waals surface area contributed by atoms with Gasteiger partial charge in [-0.3, -0.25) is 0 Å². The molecule has 7 rings (SSSR count). The Bertz CT molecular complexity index is 1880. The molecule has 0 N–H and O–H groups in total. The van der Waals surface area contributed by atoms with Crippen molar-refractivity contribution in [3.05, 3.63) is 203 Å². The highest BCUT2D eigenvalue weighted by Crippen LogP contribution is 2.48. The van der Waals surface area contributed by atoms with Gasteiger partial charge in [-0.05, 0) is 23.3 Å². The van der Waals surface area contributed by atoms with Gasteiger partial charge in [0.1, 0.15) is 11.4 Å². The molecule has 1 aliphatic heterocycles. The van der Waals surface area contributed by atoms with Crippen LogP contribution >= 0.6 is 0 Å². The van der Waals surface area contributed by atoms with Crippen molar-refractivity contribution in [2.24, 2.45) is 0 Å². The zero-order chi connectivity index (χ0) is 30.6. The van der Waals surface area contributed by atoms with Gasteiger partial charge in [0, 0.05) is 34.1 Å². The van der Waals surface area contributed by atoms with Crippen molar-refractivity contribution in [3.8, 4) is 0 Å². The quantitative estimate of drug-likeness (QED) is 0.162. The van der Waals surface area contributed by atoms with Crippen LogP contribution in [-0.4, -0.2) is 10.9 Å². The number of para-hydroxylation sites is 2. The molecule has 220 valence electrons. The first-order chi connectivity index (χ1) is 22.2. The molecule has 0 spiro atoms. The summed E-state index contributed by atoms with van der Waals surface area (Å²) < 4.78 is 2.53. The Morgan fingerprint density at radius 2 is 0.911 bits per heavy atom. The lowest BCUT2D eigenvalue weighted by molar-refractivity contribution is -0.482. The van der Waals surface area contributed by atoms with Crippen LogP contribution in [0, 0.1) is 0 Å². The van der Waals surface area contributed by atoms with Gasteiger partial charge in [0.25, 0.3) is 0 Å². The van der Waals surface area contributed by atoms with Gasteiger partial charge >= 0.3 is 0 Å². The predicted octanol–water partition coefficient (Wildman–Crippen LogP) is 10.7. The van der Waals surface area contributed by atoms with Crippen LogP contribution < -0.4 is 4.90 Å². The van der Waals surface area contributed by atoms with Gasteiger partial charge in [-0.15, -0.1) is 0 Å². The minimum Gasteiger partial charge on any atom is -0.222 e. The average Bonchev–Trinajstić information content (AvgIpc) is 3.53. The molecule has 4 atom stereocenters. The fourth-order valence-corrected chi connectivity index (χ4v) is 7.01. The Morgan fingerprint density at radius 1 is 0.467 bits per heavy atom. The van der Waals surface area contributed by atoms with E-state index in [-0.39, 0.29) is 23.9 Å². The number of hydrogen-bond donors (Lipinski definition) is 0. The van der Waals surface area contributed by atoms with E-state index in [9.17, 15) is 0 Å². The standard InChI is InChI=1S/C43H39N2/c1-32(34-19-7-3-8-20-34)38-27-15-17-29-40(38)44-31-45(41-30-18-16-28-39(41)33(2)35-21-9-4-10-22-35)43(37-25-13-6-14-26-37)42(44)36-23-11-5-12-24-36/h3-33,42-43H,1-2H3/q+1/t32-,33-,42+,43+/m1/s1. The van der Waals surface area contributed by atoms with E-state index >= 15 is 0 Å². The van der Waals surface area contributed by atoms with Crippen LogP contribution in [0.15, 0.2) is 170 Å². The molecule has 45 heavy (non-hydrogen) atoms. The first-order valence-electron chi connectivity index (χ1n) is 16.0. The minimum absolute atomic E-state index is 0.0535. The van der Waals surface area contributed by atoms with Crippen molar-refractivity contribution in [2.75, 3.05) is 4.90 Å². The topological polar surface area (TPSA) is 6.25 Å². The lowest BCUT2D eigenvalue weighted by atomic mass is 9.88. The van der Waals surface area contributed by atoms with Gasteiger partial charge in [-0.2, -0.15) is 0 Å². The van der Waals surface area contributed by atoms with Crippen molar-refractivity contribution in [2.45, 2.75) is 37.8 Å². The molecule has 0 aromatic heterocycles. The van der Waals surface area contributed by atoms with Gasteiger partial charge in [0.15, 0.2) is 12.1 Å². The summed E-state index contributed by atoms with van der Waals surface area (Å²) >= 11 is 0. The van der Waals surface area contributed by atoms with Crippen LogP contribution in [0.25, 0.3) is 0 Å². The van der Waals surface area contributed by atoms with Crippen LogP contribution in [0.2, 0.25) is 0 Å². The van der Waals surface area contributed by atoms with E-state index in [0.717, 1.165) is 0 Å². The number of hydrogen-bond acceptors (Lipinski definition) is 1. The summed E-state index contributed by atoms with van der Waals surface area (Å²) in [6.45, 7) is 4.65. The molecule has 0 aliphatic carbocycles. The first-order valence-corrected chi connectivity index (χ1v) is 16.0. The molecule has 6 aromatic carbocycles. The molecule has 0 bridgehead atoms. The molecule has 0 amide bonds. The van der Waals surface area contributed by atoms with E-state index in [1.165, 1.54) is 44.8 Å². The third-order valence-corrected chi connectivity index (χ3v) is 9.39. The van der Waals surface area contributed by atoms with Crippen molar-refractivity contribution >= 4 is 17.7 Å². The Balaban J connectivity index is 1.45. The van der Waals surface area contributed by atoms with E-state index in [0.29, 0.717) is 0 Å². The fraction of sp³-hybridized carbons (Fsp3) is 0.140. The van der Waals surface area contributed by atoms with E-state index in [2.05, 4.69) is 200 Å². The van der Waals surface area contributed by atoms with E-state index in [1.54, 1.807) is 0 Å². The second kappa shape index (κ2) is 12.8. The highest BCUT2D eigenvalue weighted by atomic mass is 15.3. The average molecular weight is 584 g/mol. The predicted molar refractivity (Wildman–Crippen MR) is 188 cm³/mol. The Morgan fingerprint density at radius 3 is 1.51 bits per heavy atom. The number of rotatable bonds is 8. The first kappa shape index (κ1) is 28.6. The van der Waals surface area contributed by atoms with Gasteiger partial charge in [-0.25, -0.2) is 9.48 Å². The monoisotopic (exact) mass is 583 g/mol. The highest BCUT2D eigenvalue weighted by Gasteiger charge is 2.47. The lowest BCUT2D eigenvalue weighted by Gasteiger charge is -2.27. The summed E-state index contributed by atoms with van der Waals surface area (Å²) in [6.07, 6.45) is 2.38. The molecule has 2 nitrogen and oxygen atoms in total. The van der Waals surface area contributed by atoms with Crippen molar-refractivity contribution in [3.63, 3.8) is 0 Å². The van der Waals surface area contributed by atoms with Crippen LogP contribution in [-0.2, 0) is 0 Å². The summed E-state index contributed by atoms with van der Waals surface area (Å²) in [6, 6.07) is 61.8. The molecule has 1 aliphatic rings. The van der Waals surface area contributed by atoms with E-state index < -0.39 is 0 Å². The van der Waals surface area contributed by atoms with Gasteiger partial charge in [0.05, 0.1) is 0 Å². The maximum atomic E-state index is 2.53. The Kier molecular flexibility index (Phi) is 8.12. The number of benzene rings is 6. The Hall–Kier alpha value is -5.21. The summed E-state index contributed by atoms with van der Waals surface area (Å²) in [7, 11) is 0. The largest absolute Gasteiger partial charge is 0.245 e. The molecule has 0 saturated carbocycles. The smallest absolute Gasteiger partial charge is 0.222 e. The second-order valence-electron chi connectivity index (χ2n) is 12.0. The summed E-state index contributed by atoms with van der Waals surface area (Å²) in [4.78, 5) is 2.53. The minimum atomic E-state index is 0.0535. The van der Waals surface area contributed by atoms with E-state index in [4.69, 9.17) is 0 Å². The molecule has 1 heterocycles. The number of anilines is 1. The summed E-state index contributed by atoms with van der Waals surface area (Å²) in [5, 5.41) is 0. The molecule has 2 heteroatoms. The Labute approximate surface area is 267 Å². The summed E-state index contributed by atoms with van der Waals surface area (Å²) in [5.41, 5.74) is 10.3. The van der Waals surface area contributed by atoms with Crippen LogP contribution in [0.1, 0.15) is 71.1 Å². The van der Waals surface area contributed by atoms with Crippen molar-refractivity contribution in [1.29, 1.82) is 0 Å². The van der Waals surface area contributed by atoms with Gasteiger partial charge < -0.3 is 0 Å². The van der Waals surface area contributed by atoms with Crippen LogP contribution in [0.3, 0.4) is 0 Å². The summed E-state index contributed by atoms with van der Waals surface area (Å²) in [5.74, 6) is 0.476. The SMILES string of the molecule is C[C@H](c1ccccc1)c1ccccc1N1C=[N+](c2ccccc2[C@H](C)c2ccccc2)[C@@H](c2ccccc2)[C@@H]1c1ccccc1. The molecule has 0 unspecified atom stereocenters. The second-order valence-corrected chi connectivity index (χ2v) is 12.0. The van der Waals surface area contributed by atoms with Gasteiger partial charge in [-0.1, -0.05) is 172 Å². The number of nitrogens with zero attached hydrogens (tertiary/aromatic N) is 2. The zero-order valence-electron chi connectivity index (χ0n) is 25.9. The third-order valence-electron chi connectivity index (χ3n) is 9.39. The van der Waals surface area contributed by atoms with E-state index in [1.807, 2.05) is 0 Å². The highest BCUT2D eigenvalue weighted by molar-refractivity contribution is 5.83.